The van der Waals surface area contributed by atoms with Crippen molar-refractivity contribution >= 4 is 5.78 Å². The number of carbonyl (C=O) groups is 1. The second kappa shape index (κ2) is 8.02. The van der Waals surface area contributed by atoms with Crippen molar-refractivity contribution in [2.75, 3.05) is 33.9 Å². The molecule has 0 aliphatic heterocycles. The molecular formula is C15H22FNO2. The van der Waals surface area contributed by atoms with Gasteiger partial charge >= 0.3 is 0 Å². The Bertz CT molecular complexity index is 409. The van der Waals surface area contributed by atoms with Gasteiger partial charge in [0.25, 0.3) is 0 Å². The summed E-state index contributed by atoms with van der Waals surface area (Å²) in [5, 5.41) is 0. The number of Topliss-reactive ketones (excluding diaryl/α,β-unsaturated/α-hetero) is 1. The molecule has 1 aromatic carbocycles. The first-order valence-electron chi connectivity index (χ1n) is 6.52. The summed E-state index contributed by atoms with van der Waals surface area (Å²) in [6, 6.07) is 6.14. The maximum atomic E-state index is 13.5. The maximum absolute atomic E-state index is 13.5. The van der Waals surface area contributed by atoms with E-state index in [1.807, 2.05) is 14.0 Å². The van der Waals surface area contributed by atoms with E-state index in [1.165, 1.54) is 6.07 Å². The van der Waals surface area contributed by atoms with E-state index in [1.54, 1.807) is 25.3 Å². The van der Waals surface area contributed by atoms with Gasteiger partial charge in [-0.1, -0.05) is 19.1 Å². The first-order chi connectivity index (χ1) is 9.06. The quantitative estimate of drug-likeness (QED) is 0.535. The van der Waals surface area contributed by atoms with Gasteiger partial charge in [0.05, 0.1) is 5.56 Å². The summed E-state index contributed by atoms with van der Waals surface area (Å²) in [4.78, 5) is 14.2. The van der Waals surface area contributed by atoms with Gasteiger partial charge in [0.15, 0.2) is 5.78 Å². The first-order valence-corrected chi connectivity index (χ1v) is 6.52. The molecule has 0 heterocycles. The zero-order valence-electron chi connectivity index (χ0n) is 11.9. The van der Waals surface area contributed by atoms with Crippen molar-refractivity contribution in [1.82, 2.24) is 4.90 Å². The first kappa shape index (κ1) is 15.8. The van der Waals surface area contributed by atoms with Crippen LogP contribution in [-0.4, -0.2) is 44.5 Å². The van der Waals surface area contributed by atoms with Gasteiger partial charge in [0, 0.05) is 32.7 Å². The van der Waals surface area contributed by atoms with E-state index < -0.39 is 5.82 Å². The zero-order valence-corrected chi connectivity index (χ0v) is 11.9. The minimum absolute atomic E-state index is 0.142. The molecule has 1 aromatic rings. The third-order valence-corrected chi connectivity index (χ3v) is 3.06. The average Bonchev–Trinajstić information content (AvgIpc) is 2.38. The van der Waals surface area contributed by atoms with Crippen LogP contribution in [0.4, 0.5) is 4.39 Å². The van der Waals surface area contributed by atoms with Crippen LogP contribution in [0.2, 0.25) is 0 Å². The van der Waals surface area contributed by atoms with Crippen molar-refractivity contribution in [2.45, 2.75) is 13.3 Å². The second-order valence-electron chi connectivity index (χ2n) is 4.85. The number of methoxy groups -OCH3 is 1. The molecule has 0 saturated carbocycles. The Morgan fingerprint density at radius 1 is 1.42 bits per heavy atom. The van der Waals surface area contributed by atoms with Gasteiger partial charge in [0.2, 0.25) is 0 Å². The van der Waals surface area contributed by atoms with Crippen molar-refractivity contribution in [1.29, 1.82) is 0 Å². The van der Waals surface area contributed by atoms with Gasteiger partial charge in [0.1, 0.15) is 5.82 Å². The van der Waals surface area contributed by atoms with E-state index in [2.05, 4.69) is 4.90 Å². The number of ketones is 1. The number of nitrogens with zero attached hydrogens (tertiary/aromatic N) is 1. The molecule has 0 aliphatic carbocycles. The highest BCUT2D eigenvalue weighted by Crippen LogP contribution is 2.13. The lowest BCUT2D eigenvalue weighted by atomic mass is 9.98. The number of hydrogen-bond acceptors (Lipinski definition) is 3. The van der Waals surface area contributed by atoms with Crippen molar-refractivity contribution in [3.63, 3.8) is 0 Å². The van der Waals surface area contributed by atoms with E-state index in [0.29, 0.717) is 13.2 Å². The highest BCUT2D eigenvalue weighted by molar-refractivity contribution is 5.98. The molecule has 0 aliphatic rings. The zero-order chi connectivity index (χ0) is 14.3. The number of ether oxygens (including phenoxy) is 1. The summed E-state index contributed by atoms with van der Waals surface area (Å²) in [5.41, 5.74) is 0.181. The molecule has 4 heteroatoms. The number of hydrogen-bond donors (Lipinski definition) is 0. The van der Waals surface area contributed by atoms with Crippen LogP contribution in [0.1, 0.15) is 23.7 Å². The summed E-state index contributed by atoms with van der Waals surface area (Å²) in [6.07, 6.45) is 0.924. The van der Waals surface area contributed by atoms with Crippen LogP contribution in [0.5, 0.6) is 0 Å². The van der Waals surface area contributed by atoms with E-state index in [-0.39, 0.29) is 17.3 Å². The van der Waals surface area contributed by atoms with Gasteiger partial charge in [-0.2, -0.15) is 0 Å². The molecule has 3 nitrogen and oxygen atoms in total. The van der Waals surface area contributed by atoms with Gasteiger partial charge in [-0.3, -0.25) is 4.79 Å². The molecule has 0 aromatic heterocycles. The van der Waals surface area contributed by atoms with Gasteiger partial charge in [-0.05, 0) is 25.6 Å². The Morgan fingerprint density at radius 2 is 2.11 bits per heavy atom. The summed E-state index contributed by atoms with van der Waals surface area (Å²) in [6.45, 7) is 4.03. The van der Waals surface area contributed by atoms with E-state index in [0.717, 1.165) is 13.0 Å². The van der Waals surface area contributed by atoms with Crippen molar-refractivity contribution in [3.8, 4) is 0 Å². The molecule has 0 spiro atoms. The van der Waals surface area contributed by atoms with Crippen LogP contribution >= 0.6 is 0 Å². The van der Waals surface area contributed by atoms with Crippen molar-refractivity contribution < 1.29 is 13.9 Å². The fourth-order valence-corrected chi connectivity index (χ4v) is 2.05. The summed E-state index contributed by atoms with van der Waals surface area (Å²) in [7, 11) is 3.63. The Kier molecular flexibility index (Phi) is 6.67. The molecule has 1 unspecified atom stereocenters. The molecule has 1 atom stereocenters. The van der Waals surface area contributed by atoms with Crippen LogP contribution < -0.4 is 0 Å². The predicted octanol–water partition coefficient (Wildman–Crippen LogP) is 2.61. The molecular weight excluding hydrogens is 245 g/mol. The van der Waals surface area contributed by atoms with Gasteiger partial charge < -0.3 is 9.64 Å². The molecule has 0 radical (unpaired) electrons. The van der Waals surface area contributed by atoms with E-state index in [4.69, 9.17) is 4.74 Å². The molecule has 0 amide bonds. The van der Waals surface area contributed by atoms with Crippen LogP contribution in [0.15, 0.2) is 24.3 Å². The maximum Gasteiger partial charge on any atom is 0.169 e. The molecule has 0 N–H and O–H groups in total. The van der Waals surface area contributed by atoms with Crippen LogP contribution in [-0.2, 0) is 4.74 Å². The lowest BCUT2D eigenvalue weighted by Gasteiger charge is -2.20. The topological polar surface area (TPSA) is 29.5 Å². The predicted molar refractivity (Wildman–Crippen MR) is 73.9 cm³/mol. The van der Waals surface area contributed by atoms with Crippen LogP contribution in [0.3, 0.4) is 0 Å². The Labute approximate surface area is 114 Å². The van der Waals surface area contributed by atoms with E-state index >= 15 is 0 Å². The third kappa shape index (κ3) is 5.09. The molecule has 0 saturated heterocycles. The molecule has 106 valence electrons. The lowest BCUT2D eigenvalue weighted by molar-refractivity contribution is 0.0895. The SMILES string of the molecule is COCCCN(C)CC(C)C(=O)c1ccccc1F. The summed E-state index contributed by atoms with van der Waals surface area (Å²) in [5.74, 6) is -0.803. The van der Waals surface area contributed by atoms with Crippen molar-refractivity contribution in [2.24, 2.45) is 5.92 Å². The normalized spacial score (nSPS) is 12.7. The number of benzene rings is 1. The average molecular weight is 267 g/mol. The van der Waals surface area contributed by atoms with Crippen LogP contribution in [0, 0.1) is 11.7 Å². The van der Waals surface area contributed by atoms with E-state index in [9.17, 15) is 9.18 Å². The Hall–Kier alpha value is -1.26. The minimum Gasteiger partial charge on any atom is -0.385 e. The molecule has 19 heavy (non-hydrogen) atoms. The highest BCUT2D eigenvalue weighted by Gasteiger charge is 2.19. The number of halogens is 1. The number of rotatable bonds is 8. The molecule has 0 fully saturated rings. The largest absolute Gasteiger partial charge is 0.385 e. The monoisotopic (exact) mass is 267 g/mol. The minimum atomic E-state index is -0.443. The smallest absolute Gasteiger partial charge is 0.169 e. The number of carbonyl (C=O) groups excluding carboxylic acids is 1. The fraction of sp³-hybridized carbons (Fsp3) is 0.533. The van der Waals surface area contributed by atoms with Crippen molar-refractivity contribution in [3.05, 3.63) is 35.6 Å². The Morgan fingerprint density at radius 3 is 2.74 bits per heavy atom. The lowest BCUT2D eigenvalue weighted by Crippen LogP contribution is -2.30. The molecule has 1 rings (SSSR count). The fourth-order valence-electron chi connectivity index (χ4n) is 2.05. The summed E-state index contributed by atoms with van der Waals surface area (Å²) < 4.78 is 18.5. The Balaban J connectivity index is 2.51. The third-order valence-electron chi connectivity index (χ3n) is 3.06. The molecule has 0 bridgehead atoms. The van der Waals surface area contributed by atoms with Crippen LogP contribution in [0.25, 0.3) is 0 Å². The van der Waals surface area contributed by atoms with Gasteiger partial charge in [-0.25, -0.2) is 4.39 Å². The van der Waals surface area contributed by atoms with Gasteiger partial charge in [-0.15, -0.1) is 0 Å². The summed E-state index contributed by atoms with van der Waals surface area (Å²) >= 11 is 0. The highest BCUT2D eigenvalue weighted by atomic mass is 19.1. The second-order valence-corrected chi connectivity index (χ2v) is 4.85. The standard InChI is InChI=1S/C15H22FNO2/c1-12(11-17(2)9-6-10-19-3)15(18)13-7-4-5-8-14(13)16/h4-5,7-8,12H,6,9-11H2,1-3H3.